The van der Waals surface area contributed by atoms with Crippen LogP contribution in [0, 0.1) is 5.92 Å². The Hall–Kier alpha value is -1.84. The van der Waals surface area contributed by atoms with E-state index in [0.29, 0.717) is 25.2 Å². The van der Waals surface area contributed by atoms with Crippen LogP contribution < -0.4 is 16.0 Å². The minimum absolute atomic E-state index is 0. The van der Waals surface area contributed by atoms with Crippen molar-refractivity contribution in [2.75, 3.05) is 32.7 Å². The van der Waals surface area contributed by atoms with Crippen molar-refractivity contribution in [1.82, 2.24) is 20.9 Å². The van der Waals surface area contributed by atoms with Crippen LogP contribution in [0.2, 0.25) is 0 Å². The van der Waals surface area contributed by atoms with Crippen molar-refractivity contribution in [3.63, 3.8) is 0 Å². The van der Waals surface area contributed by atoms with Crippen molar-refractivity contribution in [3.8, 4) is 0 Å². The van der Waals surface area contributed by atoms with Gasteiger partial charge >= 0.3 is 0 Å². The quantitative estimate of drug-likeness (QED) is 0.189. The van der Waals surface area contributed by atoms with Gasteiger partial charge < -0.3 is 20.9 Å². The number of carbonyl (C=O) groups is 2. The van der Waals surface area contributed by atoms with Crippen LogP contribution in [0.3, 0.4) is 0 Å². The minimum atomic E-state index is -0.104. The number of carbonyl (C=O) groups excluding carboxylic acids is 2. The highest BCUT2D eigenvalue weighted by Gasteiger charge is 2.22. The number of rotatable bonds is 9. The van der Waals surface area contributed by atoms with Crippen LogP contribution in [0.4, 0.5) is 0 Å². The van der Waals surface area contributed by atoms with E-state index in [-0.39, 0.29) is 42.3 Å². The summed E-state index contributed by atoms with van der Waals surface area (Å²) in [5, 5.41) is 9.47. The summed E-state index contributed by atoms with van der Waals surface area (Å²) >= 11 is 0. The Balaban J connectivity index is 0.00000363. The maximum atomic E-state index is 12.6. The molecule has 32 heavy (non-hydrogen) atoms. The second-order valence-corrected chi connectivity index (χ2v) is 8.54. The first-order chi connectivity index (χ1) is 15.2. The van der Waals surface area contributed by atoms with Crippen LogP contribution in [-0.2, 0) is 11.3 Å². The fourth-order valence-corrected chi connectivity index (χ4v) is 4.32. The molecule has 0 atom stereocenters. The van der Waals surface area contributed by atoms with Crippen LogP contribution in [0.5, 0.6) is 0 Å². The number of piperazine rings is 1. The summed E-state index contributed by atoms with van der Waals surface area (Å²) in [4.78, 5) is 30.3. The number of nitrogens with one attached hydrogen (secondary N) is 3. The number of halogens is 1. The van der Waals surface area contributed by atoms with Gasteiger partial charge in [-0.15, -0.1) is 24.0 Å². The number of guanidine groups is 1. The van der Waals surface area contributed by atoms with E-state index >= 15 is 0 Å². The van der Waals surface area contributed by atoms with Crippen LogP contribution in [0.1, 0.15) is 67.8 Å². The van der Waals surface area contributed by atoms with Crippen LogP contribution in [0.25, 0.3) is 0 Å². The van der Waals surface area contributed by atoms with Gasteiger partial charge in [0, 0.05) is 31.7 Å². The predicted molar refractivity (Wildman–Crippen MR) is 139 cm³/mol. The van der Waals surface area contributed by atoms with Gasteiger partial charge in [-0.1, -0.05) is 50.7 Å². The first-order valence-electron chi connectivity index (χ1n) is 11.8. The Morgan fingerprint density at radius 1 is 1.16 bits per heavy atom. The summed E-state index contributed by atoms with van der Waals surface area (Å²) in [6.07, 6.45) is 9.51. The first-order valence-corrected chi connectivity index (χ1v) is 11.8. The molecule has 2 amide bonds. The molecule has 0 bridgehead atoms. The molecule has 0 aromatic heterocycles. The van der Waals surface area contributed by atoms with Gasteiger partial charge in [-0.3, -0.25) is 9.59 Å². The van der Waals surface area contributed by atoms with E-state index in [4.69, 9.17) is 0 Å². The van der Waals surface area contributed by atoms with E-state index in [1.54, 1.807) is 4.90 Å². The molecular weight excluding hydrogens is 517 g/mol. The van der Waals surface area contributed by atoms with Crippen molar-refractivity contribution in [2.45, 2.75) is 58.4 Å². The molecule has 1 aliphatic carbocycles. The molecule has 8 heteroatoms. The highest BCUT2D eigenvalue weighted by Crippen LogP contribution is 2.28. The molecule has 1 heterocycles. The van der Waals surface area contributed by atoms with Crippen molar-refractivity contribution >= 4 is 41.8 Å². The topological polar surface area (TPSA) is 85.8 Å². The molecule has 1 aromatic rings. The van der Waals surface area contributed by atoms with Crippen LogP contribution in [0.15, 0.2) is 29.3 Å². The molecule has 0 spiro atoms. The highest BCUT2D eigenvalue weighted by atomic mass is 127. The largest absolute Gasteiger partial charge is 0.357 e. The van der Waals surface area contributed by atoms with Gasteiger partial charge in [-0.2, -0.15) is 0 Å². The fraction of sp³-hybridized carbons (Fsp3) is 0.625. The van der Waals surface area contributed by atoms with E-state index in [0.717, 1.165) is 30.5 Å². The monoisotopic (exact) mass is 555 g/mol. The lowest BCUT2D eigenvalue weighted by Crippen LogP contribution is -2.49. The van der Waals surface area contributed by atoms with Crippen LogP contribution >= 0.6 is 24.0 Å². The Morgan fingerprint density at radius 2 is 1.91 bits per heavy atom. The number of aliphatic imine (C=N–C) groups is 1. The minimum Gasteiger partial charge on any atom is -0.357 e. The standard InChI is InChI=1S/C24H37N5O2.HI/c1-2-25-24(27-14-6-5-9-19-7-3-4-8-19)28-17-20-10-12-21(13-11-20)23(31)29-16-15-26-22(30)18-29;/h10-13,19H,2-9,14-18H2,1H3,(H,26,30)(H2,25,27,28);1H. The molecule has 1 saturated carbocycles. The number of hydrogen-bond acceptors (Lipinski definition) is 3. The van der Waals surface area contributed by atoms with E-state index < -0.39 is 0 Å². The number of unbranched alkanes of at least 4 members (excludes halogenated alkanes) is 1. The predicted octanol–water partition coefficient (Wildman–Crippen LogP) is 3.29. The third kappa shape index (κ3) is 8.60. The van der Waals surface area contributed by atoms with Crippen molar-refractivity contribution in [1.29, 1.82) is 0 Å². The summed E-state index contributed by atoms with van der Waals surface area (Å²) in [6, 6.07) is 7.52. The molecular formula is C24H38IN5O2. The first kappa shape index (κ1) is 26.4. The zero-order valence-corrected chi connectivity index (χ0v) is 21.5. The highest BCUT2D eigenvalue weighted by molar-refractivity contribution is 14.0. The van der Waals surface area contributed by atoms with E-state index in [1.807, 2.05) is 24.3 Å². The van der Waals surface area contributed by atoms with Crippen molar-refractivity contribution in [2.24, 2.45) is 10.9 Å². The van der Waals surface area contributed by atoms with E-state index in [2.05, 4.69) is 27.9 Å². The zero-order valence-electron chi connectivity index (χ0n) is 19.2. The summed E-state index contributed by atoms with van der Waals surface area (Å²) < 4.78 is 0. The Morgan fingerprint density at radius 3 is 2.59 bits per heavy atom. The number of hydrogen-bond donors (Lipinski definition) is 3. The molecule has 2 aliphatic rings. The van der Waals surface area contributed by atoms with Gasteiger partial charge in [0.15, 0.2) is 5.96 Å². The average Bonchev–Trinajstić information content (AvgIpc) is 3.30. The Labute approximate surface area is 209 Å². The maximum Gasteiger partial charge on any atom is 0.254 e. The van der Waals surface area contributed by atoms with Gasteiger partial charge in [-0.25, -0.2) is 4.99 Å². The molecule has 7 nitrogen and oxygen atoms in total. The van der Waals surface area contributed by atoms with E-state index in [1.165, 1.54) is 44.9 Å². The fourth-order valence-electron chi connectivity index (χ4n) is 4.32. The van der Waals surface area contributed by atoms with Gasteiger partial charge in [0.1, 0.15) is 0 Å². The van der Waals surface area contributed by atoms with Crippen molar-refractivity contribution in [3.05, 3.63) is 35.4 Å². The van der Waals surface area contributed by atoms with Gasteiger partial charge in [0.25, 0.3) is 5.91 Å². The molecule has 1 saturated heterocycles. The molecule has 1 aromatic carbocycles. The molecule has 2 fully saturated rings. The summed E-state index contributed by atoms with van der Waals surface area (Å²) in [6.45, 7) is 5.58. The summed E-state index contributed by atoms with van der Waals surface area (Å²) in [5.41, 5.74) is 1.65. The van der Waals surface area contributed by atoms with Gasteiger partial charge in [0.05, 0.1) is 13.1 Å². The zero-order chi connectivity index (χ0) is 21.9. The number of nitrogens with zero attached hydrogens (tertiary/aromatic N) is 2. The molecule has 1 aliphatic heterocycles. The molecule has 3 rings (SSSR count). The lowest BCUT2D eigenvalue weighted by atomic mass is 10.0. The lowest BCUT2D eigenvalue weighted by Gasteiger charge is -2.26. The molecule has 0 radical (unpaired) electrons. The number of amides is 2. The van der Waals surface area contributed by atoms with Gasteiger partial charge in [0.2, 0.25) is 5.91 Å². The average molecular weight is 556 g/mol. The third-order valence-corrected chi connectivity index (χ3v) is 6.10. The van der Waals surface area contributed by atoms with Crippen LogP contribution in [-0.4, -0.2) is 55.4 Å². The van der Waals surface area contributed by atoms with Crippen molar-refractivity contribution < 1.29 is 9.59 Å². The smallest absolute Gasteiger partial charge is 0.254 e. The molecule has 0 unspecified atom stereocenters. The Kier molecular flexibility index (Phi) is 11.8. The normalized spacial score (nSPS) is 17.0. The lowest BCUT2D eigenvalue weighted by molar-refractivity contribution is -0.123. The molecule has 3 N–H and O–H groups in total. The summed E-state index contributed by atoms with van der Waals surface area (Å²) in [7, 11) is 0. The molecule has 178 valence electrons. The Bertz CT molecular complexity index is 747. The second kappa shape index (κ2) is 14.3. The second-order valence-electron chi connectivity index (χ2n) is 8.54. The van der Waals surface area contributed by atoms with E-state index in [9.17, 15) is 9.59 Å². The third-order valence-electron chi connectivity index (χ3n) is 6.10. The SMILES string of the molecule is CCNC(=NCc1ccc(C(=O)N2CCNC(=O)C2)cc1)NCCCCC1CCCC1.I. The summed E-state index contributed by atoms with van der Waals surface area (Å²) in [5.74, 6) is 1.59. The van der Waals surface area contributed by atoms with Gasteiger partial charge in [-0.05, 0) is 37.0 Å². The number of benzene rings is 1. The maximum absolute atomic E-state index is 12.6.